The van der Waals surface area contributed by atoms with E-state index in [9.17, 15) is 0 Å². The third-order valence-electron chi connectivity index (χ3n) is 3.22. The van der Waals surface area contributed by atoms with Crippen LogP contribution in [0.2, 0.25) is 0 Å². The number of aryl methyl sites for hydroxylation is 2. The molecule has 3 nitrogen and oxygen atoms in total. The molecule has 0 aliphatic rings. The molecule has 3 rings (SSSR count). The van der Waals surface area contributed by atoms with Gasteiger partial charge in [0.25, 0.3) is 0 Å². The van der Waals surface area contributed by atoms with Gasteiger partial charge in [-0.3, -0.25) is 0 Å². The third kappa shape index (κ3) is 1.78. The van der Waals surface area contributed by atoms with E-state index in [0.717, 1.165) is 17.6 Å². The summed E-state index contributed by atoms with van der Waals surface area (Å²) in [4.78, 5) is 4.41. The third-order valence-corrected chi connectivity index (χ3v) is 4.13. The van der Waals surface area contributed by atoms with E-state index in [1.54, 1.807) is 11.3 Å². The van der Waals surface area contributed by atoms with E-state index < -0.39 is 0 Å². The Morgan fingerprint density at radius 3 is 2.83 bits per heavy atom. The number of aromatic nitrogens is 2. The number of hydrogen-bond acceptors (Lipinski definition) is 3. The molecule has 0 atom stereocenters. The molecular formula is C14H15N3S. The number of fused-ring (bicyclic) bond motifs is 1. The molecule has 0 aliphatic carbocycles. The number of benzene rings is 1. The van der Waals surface area contributed by atoms with Crippen LogP contribution in [0.5, 0.6) is 0 Å². The minimum absolute atomic E-state index is 0.584. The van der Waals surface area contributed by atoms with E-state index in [0.29, 0.717) is 5.95 Å². The molecule has 92 valence electrons. The number of nitrogen functional groups attached to an aromatic ring is 1. The Balaban J connectivity index is 2.13. The molecule has 0 spiro atoms. The molecule has 2 N–H and O–H groups in total. The second-order valence-electron chi connectivity index (χ2n) is 4.63. The quantitative estimate of drug-likeness (QED) is 0.765. The first-order chi connectivity index (χ1) is 8.65. The van der Waals surface area contributed by atoms with Gasteiger partial charge in [0.15, 0.2) is 0 Å². The number of thiophene rings is 1. The van der Waals surface area contributed by atoms with E-state index in [1.165, 1.54) is 16.7 Å². The molecule has 2 heterocycles. The lowest BCUT2D eigenvalue weighted by Gasteiger charge is -2.06. The van der Waals surface area contributed by atoms with Gasteiger partial charge in [-0.1, -0.05) is 6.07 Å². The maximum atomic E-state index is 6.03. The Labute approximate surface area is 110 Å². The predicted molar refractivity (Wildman–Crippen MR) is 77.0 cm³/mol. The fraction of sp³-hybridized carbons (Fsp3) is 0.214. The molecule has 0 saturated heterocycles. The van der Waals surface area contributed by atoms with Crippen LogP contribution in [0.1, 0.15) is 16.7 Å². The van der Waals surface area contributed by atoms with Crippen molar-refractivity contribution in [2.24, 2.45) is 0 Å². The monoisotopic (exact) mass is 257 g/mol. The molecule has 1 aromatic carbocycles. The number of nitrogens with two attached hydrogens (primary N) is 1. The average Bonchev–Trinajstić information content (AvgIpc) is 2.86. The Bertz CT molecular complexity index is 709. The number of anilines is 1. The highest BCUT2D eigenvalue weighted by atomic mass is 32.1. The van der Waals surface area contributed by atoms with E-state index in [4.69, 9.17) is 5.73 Å². The Morgan fingerprint density at radius 2 is 2.11 bits per heavy atom. The normalized spacial score (nSPS) is 11.2. The van der Waals surface area contributed by atoms with Gasteiger partial charge in [0.1, 0.15) is 0 Å². The summed E-state index contributed by atoms with van der Waals surface area (Å²) >= 11 is 1.73. The summed E-state index contributed by atoms with van der Waals surface area (Å²) in [6.07, 6.45) is 0. The van der Waals surface area contributed by atoms with Crippen LogP contribution in [0, 0.1) is 13.8 Å². The summed E-state index contributed by atoms with van der Waals surface area (Å²) in [6.45, 7) is 5.01. The van der Waals surface area contributed by atoms with Crippen LogP contribution < -0.4 is 5.73 Å². The van der Waals surface area contributed by atoms with Crippen molar-refractivity contribution in [3.05, 3.63) is 45.6 Å². The van der Waals surface area contributed by atoms with Crippen LogP contribution in [0.25, 0.3) is 11.0 Å². The first kappa shape index (κ1) is 11.3. The summed E-state index contributed by atoms with van der Waals surface area (Å²) in [7, 11) is 0. The molecule has 0 radical (unpaired) electrons. The first-order valence-electron chi connectivity index (χ1n) is 5.89. The van der Waals surface area contributed by atoms with Gasteiger partial charge in [0.05, 0.1) is 17.6 Å². The summed E-state index contributed by atoms with van der Waals surface area (Å²) in [5, 5.41) is 4.34. The van der Waals surface area contributed by atoms with E-state index in [2.05, 4.69) is 46.3 Å². The van der Waals surface area contributed by atoms with E-state index >= 15 is 0 Å². The highest BCUT2D eigenvalue weighted by Gasteiger charge is 2.10. The Morgan fingerprint density at radius 1 is 1.28 bits per heavy atom. The van der Waals surface area contributed by atoms with Crippen molar-refractivity contribution in [1.29, 1.82) is 0 Å². The van der Waals surface area contributed by atoms with Gasteiger partial charge in [0, 0.05) is 0 Å². The largest absolute Gasteiger partial charge is 0.369 e. The smallest absolute Gasteiger partial charge is 0.201 e. The lowest BCUT2D eigenvalue weighted by molar-refractivity contribution is 0.836. The topological polar surface area (TPSA) is 43.8 Å². The molecule has 4 heteroatoms. The zero-order valence-corrected chi connectivity index (χ0v) is 11.3. The van der Waals surface area contributed by atoms with Crippen LogP contribution in [0.15, 0.2) is 29.0 Å². The average molecular weight is 257 g/mol. The number of nitrogens with zero attached hydrogens (tertiary/aromatic N) is 2. The zero-order valence-electron chi connectivity index (χ0n) is 10.5. The van der Waals surface area contributed by atoms with Gasteiger partial charge in [-0.2, -0.15) is 11.3 Å². The molecule has 0 fully saturated rings. The van der Waals surface area contributed by atoms with Crippen LogP contribution in [-0.4, -0.2) is 9.55 Å². The lowest BCUT2D eigenvalue weighted by atomic mass is 10.2. The van der Waals surface area contributed by atoms with Crippen molar-refractivity contribution in [2.45, 2.75) is 20.4 Å². The molecular weight excluding hydrogens is 242 g/mol. The van der Waals surface area contributed by atoms with Crippen molar-refractivity contribution < 1.29 is 0 Å². The lowest BCUT2D eigenvalue weighted by Crippen LogP contribution is -2.04. The molecule has 0 unspecified atom stereocenters. The minimum atomic E-state index is 0.584. The van der Waals surface area contributed by atoms with Crippen molar-refractivity contribution in [3.63, 3.8) is 0 Å². The van der Waals surface area contributed by atoms with Gasteiger partial charge < -0.3 is 10.3 Å². The van der Waals surface area contributed by atoms with Gasteiger partial charge in [-0.25, -0.2) is 4.98 Å². The molecule has 0 aliphatic heterocycles. The Hall–Kier alpha value is -1.81. The molecule has 2 aromatic heterocycles. The standard InChI is InChI=1S/C14H15N3S/c1-9-3-4-12-13(5-9)17(14(15)16-12)6-11-8-18-7-10(11)2/h3-5,7-8H,6H2,1-2H3,(H2,15,16). The van der Waals surface area contributed by atoms with Crippen molar-refractivity contribution in [1.82, 2.24) is 9.55 Å². The Kier molecular flexibility index (Phi) is 2.59. The van der Waals surface area contributed by atoms with Gasteiger partial charge >= 0.3 is 0 Å². The summed E-state index contributed by atoms with van der Waals surface area (Å²) in [6, 6.07) is 6.23. The van der Waals surface area contributed by atoms with Gasteiger partial charge in [0.2, 0.25) is 5.95 Å². The summed E-state index contributed by atoms with van der Waals surface area (Å²) in [5.41, 5.74) is 12.0. The van der Waals surface area contributed by atoms with Crippen LogP contribution >= 0.6 is 11.3 Å². The van der Waals surface area contributed by atoms with E-state index in [1.807, 2.05) is 6.07 Å². The second kappa shape index (κ2) is 4.14. The van der Waals surface area contributed by atoms with E-state index in [-0.39, 0.29) is 0 Å². The first-order valence-corrected chi connectivity index (χ1v) is 6.83. The van der Waals surface area contributed by atoms with Crippen molar-refractivity contribution >= 4 is 28.3 Å². The number of rotatable bonds is 2. The van der Waals surface area contributed by atoms with Crippen LogP contribution in [-0.2, 0) is 6.54 Å². The van der Waals surface area contributed by atoms with Crippen molar-refractivity contribution in [3.8, 4) is 0 Å². The summed E-state index contributed by atoms with van der Waals surface area (Å²) < 4.78 is 2.08. The van der Waals surface area contributed by atoms with Crippen LogP contribution in [0.4, 0.5) is 5.95 Å². The van der Waals surface area contributed by atoms with Crippen LogP contribution in [0.3, 0.4) is 0 Å². The molecule has 18 heavy (non-hydrogen) atoms. The molecule has 3 aromatic rings. The molecule has 0 saturated carbocycles. The van der Waals surface area contributed by atoms with Gasteiger partial charge in [-0.05, 0) is 53.4 Å². The fourth-order valence-corrected chi connectivity index (χ4v) is 2.98. The molecule has 0 amide bonds. The zero-order chi connectivity index (χ0) is 12.7. The number of hydrogen-bond donors (Lipinski definition) is 1. The SMILES string of the molecule is Cc1ccc2nc(N)n(Cc3cscc3C)c2c1. The predicted octanol–water partition coefficient (Wildman–Crippen LogP) is 3.35. The molecule has 0 bridgehead atoms. The van der Waals surface area contributed by atoms with Crippen molar-refractivity contribution in [2.75, 3.05) is 5.73 Å². The highest BCUT2D eigenvalue weighted by molar-refractivity contribution is 7.08. The fourth-order valence-electron chi connectivity index (χ4n) is 2.14. The maximum absolute atomic E-state index is 6.03. The second-order valence-corrected chi connectivity index (χ2v) is 5.37. The van der Waals surface area contributed by atoms with Gasteiger partial charge in [-0.15, -0.1) is 0 Å². The summed E-state index contributed by atoms with van der Waals surface area (Å²) in [5.74, 6) is 0.584. The highest BCUT2D eigenvalue weighted by Crippen LogP contribution is 2.23. The minimum Gasteiger partial charge on any atom is -0.369 e. The maximum Gasteiger partial charge on any atom is 0.201 e. The number of imidazole rings is 1.